The van der Waals surface area contributed by atoms with Gasteiger partial charge in [-0.15, -0.1) is 0 Å². The second-order valence-electron chi connectivity index (χ2n) is 4.20. The topological polar surface area (TPSA) is 66.7 Å². The number of imidazole rings is 1. The van der Waals surface area contributed by atoms with Gasteiger partial charge in [0.25, 0.3) is 0 Å². The fraction of sp³-hybridized carbons (Fsp3) is 0.417. The molecule has 4 heteroatoms. The lowest BCUT2D eigenvalue weighted by atomic mass is 10.2. The summed E-state index contributed by atoms with van der Waals surface area (Å²) < 4.78 is 0. The van der Waals surface area contributed by atoms with Crippen LogP contribution in [0, 0.1) is 0 Å². The molecule has 0 saturated carbocycles. The molecule has 0 amide bonds. The molecule has 2 aromatic rings. The number of hydrogen-bond donors (Lipinski definition) is 3. The van der Waals surface area contributed by atoms with Crippen molar-refractivity contribution in [2.75, 3.05) is 6.54 Å². The van der Waals surface area contributed by atoms with E-state index in [1.807, 2.05) is 13.0 Å². The van der Waals surface area contributed by atoms with Crippen LogP contribution in [0.3, 0.4) is 0 Å². The molecule has 0 aliphatic rings. The molecular formula is C12H18N4. The van der Waals surface area contributed by atoms with Gasteiger partial charge in [-0.3, -0.25) is 0 Å². The number of nitrogens with two attached hydrogens (primary N) is 1. The minimum atomic E-state index is 0.266. The van der Waals surface area contributed by atoms with Gasteiger partial charge in [-0.2, -0.15) is 0 Å². The third kappa shape index (κ3) is 2.81. The number of hydrogen-bond acceptors (Lipinski definition) is 3. The maximum Gasteiger partial charge on any atom is 0.0931 e. The predicted molar refractivity (Wildman–Crippen MR) is 66.1 cm³/mol. The zero-order chi connectivity index (χ0) is 11.4. The van der Waals surface area contributed by atoms with Crippen molar-refractivity contribution in [2.45, 2.75) is 25.9 Å². The van der Waals surface area contributed by atoms with Crippen LogP contribution >= 0.6 is 0 Å². The molecular weight excluding hydrogens is 200 g/mol. The molecule has 16 heavy (non-hydrogen) atoms. The molecule has 2 rings (SSSR count). The largest absolute Gasteiger partial charge is 0.345 e. The van der Waals surface area contributed by atoms with E-state index in [0.717, 1.165) is 30.5 Å². The first-order valence-electron chi connectivity index (χ1n) is 5.64. The molecule has 0 saturated heterocycles. The van der Waals surface area contributed by atoms with Crippen molar-refractivity contribution in [1.29, 1.82) is 0 Å². The molecule has 1 atom stereocenters. The van der Waals surface area contributed by atoms with Crippen molar-refractivity contribution in [3.63, 3.8) is 0 Å². The van der Waals surface area contributed by atoms with Gasteiger partial charge >= 0.3 is 0 Å². The van der Waals surface area contributed by atoms with Crippen LogP contribution in [0.1, 0.15) is 18.9 Å². The summed E-state index contributed by atoms with van der Waals surface area (Å²) in [6, 6.07) is 6.53. The molecule has 0 aliphatic heterocycles. The Kier molecular flexibility index (Phi) is 3.54. The Hall–Kier alpha value is -1.39. The van der Waals surface area contributed by atoms with E-state index >= 15 is 0 Å². The van der Waals surface area contributed by atoms with Gasteiger partial charge in [-0.1, -0.05) is 6.07 Å². The molecule has 1 unspecified atom stereocenters. The van der Waals surface area contributed by atoms with Crippen LogP contribution in [0.4, 0.5) is 0 Å². The van der Waals surface area contributed by atoms with Gasteiger partial charge in [0.05, 0.1) is 17.4 Å². The maximum absolute atomic E-state index is 5.68. The molecule has 0 spiro atoms. The molecule has 1 aromatic carbocycles. The maximum atomic E-state index is 5.68. The van der Waals surface area contributed by atoms with Crippen LogP contribution in [0.25, 0.3) is 11.0 Å². The Bertz CT molecular complexity index is 447. The molecule has 4 nitrogen and oxygen atoms in total. The summed E-state index contributed by atoms with van der Waals surface area (Å²) in [5.41, 5.74) is 9.05. The van der Waals surface area contributed by atoms with Crippen molar-refractivity contribution >= 4 is 11.0 Å². The Balaban J connectivity index is 1.89. The Labute approximate surface area is 95.3 Å². The van der Waals surface area contributed by atoms with Crippen molar-refractivity contribution in [2.24, 2.45) is 5.73 Å². The Morgan fingerprint density at radius 1 is 1.50 bits per heavy atom. The van der Waals surface area contributed by atoms with Crippen LogP contribution in [0.5, 0.6) is 0 Å². The third-order valence-electron chi connectivity index (χ3n) is 2.59. The van der Waals surface area contributed by atoms with E-state index < -0.39 is 0 Å². The third-order valence-corrected chi connectivity index (χ3v) is 2.59. The number of H-pyrrole nitrogens is 1. The van der Waals surface area contributed by atoms with Crippen LogP contribution in [-0.2, 0) is 6.54 Å². The molecule has 86 valence electrons. The number of nitrogens with zero attached hydrogens (tertiary/aromatic N) is 1. The Morgan fingerprint density at radius 2 is 2.38 bits per heavy atom. The van der Waals surface area contributed by atoms with Crippen LogP contribution < -0.4 is 11.1 Å². The van der Waals surface area contributed by atoms with E-state index in [2.05, 4.69) is 27.4 Å². The van der Waals surface area contributed by atoms with Gasteiger partial charge < -0.3 is 16.0 Å². The fourth-order valence-electron chi connectivity index (χ4n) is 1.66. The highest BCUT2D eigenvalue weighted by atomic mass is 14.9. The SMILES string of the molecule is CC(N)CCNCc1ccc2nc[nH]c2c1. The molecule has 0 aliphatic carbocycles. The average Bonchev–Trinajstić information content (AvgIpc) is 2.71. The zero-order valence-corrected chi connectivity index (χ0v) is 9.53. The zero-order valence-electron chi connectivity index (χ0n) is 9.53. The highest BCUT2D eigenvalue weighted by Crippen LogP contribution is 2.11. The van der Waals surface area contributed by atoms with Crippen molar-refractivity contribution in [3.05, 3.63) is 30.1 Å². The summed E-state index contributed by atoms with van der Waals surface area (Å²) >= 11 is 0. The standard InChI is InChI=1S/C12H18N4/c1-9(13)4-5-14-7-10-2-3-11-12(6-10)16-8-15-11/h2-3,6,8-9,14H,4-5,7,13H2,1H3,(H,15,16). The van der Waals surface area contributed by atoms with Crippen LogP contribution in [0.15, 0.2) is 24.5 Å². The smallest absolute Gasteiger partial charge is 0.0931 e. The number of rotatable bonds is 5. The summed E-state index contributed by atoms with van der Waals surface area (Å²) in [6.45, 7) is 3.86. The molecule has 1 heterocycles. The first-order chi connectivity index (χ1) is 7.75. The summed E-state index contributed by atoms with van der Waals surface area (Å²) in [5, 5.41) is 3.38. The summed E-state index contributed by atoms with van der Waals surface area (Å²) in [7, 11) is 0. The van der Waals surface area contributed by atoms with Gasteiger partial charge in [-0.05, 0) is 37.6 Å². The van der Waals surface area contributed by atoms with Gasteiger partial charge in [-0.25, -0.2) is 4.98 Å². The quantitative estimate of drug-likeness (QED) is 0.664. The minimum Gasteiger partial charge on any atom is -0.345 e. The number of aromatic amines is 1. The lowest BCUT2D eigenvalue weighted by Crippen LogP contribution is -2.23. The highest BCUT2D eigenvalue weighted by molar-refractivity contribution is 5.74. The molecule has 0 bridgehead atoms. The molecule has 4 N–H and O–H groups in total. The van der Waals surface area contributed by atoms with Gasteiger partial charge in [0.1, 0.15) is 0 Å². The summed E-state index contributed by atoms with van der Waals surface area (Å²) in [6.07, 6.45) is 2.73. The van der Waals surface area contributed by atoms with Gasteiger partial charge in [0.2, 0.25) is 0 Å². The van der Waals surface area contributed by atoms with Crippen LogP contribution in [0.2, 0.25) is 0 Å². The van der Waals surface area contributed by atoms with Gasteiger partial charge in [0, 0.05) is 12.6 Å². The normalized spacial score (nSPS) is 13.1. The minimum absolute atomic E-state index is 0.266. The van der Waals surface area contributed by atoms with E-state index in [1.165, 1.54) is 5.56 Å². The van der Waals surface area contributed by atoms with E-state index in [-0.39, 0.29) is 6.04 Å². The fourth-order valence-corrected chi connectivity index (χ4v) is 1.66. The first kappa shape index (κ1) is 11.1. The molecule has 0 radical (unpaired) electrons. The van der Waals surface area contributed by atoms with E-state index in [0.29, 0.717) is 0 Å². The van der Waals surface area contributed by atoms with E-state index in [9.17, 15) is 0 Å². The average molecular weight is 218 g/mol. The summed E-state index contributed by atoms with van der Waals surface area (Å²) in [5.74, 6) is 0. The van der Waals surface area contributed by atoms with Crippen molar-refractivity contribution < 1.29 is 0 Å². The number of benzene rings is 1. The van der Waals surface area contributed by atoms with Crippen LogP contribution in [-0.4, -0.2) is 22.6 Å². The number of fused-ring (bicyclic) bond motifs is 1. The number of aromatic nitrogens is 2. The van der Waals surface area contributed by atoms with E-state index in [4.69, 9.17) is 5.73 Å². The predicted octanol–water partition coefficient (Wildman–Crippen LogP) is 1.39. The second-order valence-corrected chi connectivity index (χ2v) is 4.20. The lowest BCUT2D eigenvalue weighted by Gasteiger charge is -2.07. The van der Waals surface area contributed by atoms with Crippen molar-refractivity contribution in [1.82, 2.24) is 15.3 Å². The highest BCUT2D eigenvalue weighted by Gasteiger charge is 1.98. The van der Waals surface area contributed by atoms with Gasteiger partial charge in [0.15, 0.2) is 0 Å². The lowest BCUT2D eigenvalue weighted by molar-refractivity contribution is 0.589. The van der Waals surface area contributed by atoms with Crippen molar-refractivity contribution in [3.8, 4) is 0 Å². The van der Waals surface area contributed by atoms with E-state index in [1.54, 1.807) is 6.33 Å². The monoisotopic (exact) mass is 218 g/mol. The Morgan fingerprint density at radius 3 is 3.19 bits per heavy atom. The summed E-state index contributed by atoms with van der Waals surface area (Å²) in [4.78, 5) is 7.30. The molecule has 1 aromatic heterocycles. The first-order valence-corrected chi connectivity index (χ1v) is 5.64. The molecule has 0 fully saturated rings. The second kappa shape index (κ2) is 5.09. The number of nitrogens with one attached hydrogen (secondary N) is 2.